The summed E-state index contributed by atoms with van der Waals surface area (Å²) in [6, 6.07) is 8.63. The minimum Gasteiger partial charge on any atom is -0.335 e. The number of nitro benzene ring substituents is 1. The SMILES string of the molecule is CC(Sc1nnc(-c2ccc(Cl)cc2Cl)n1N)C(=O)Nc1cc([N+](=O)[O-])ccc1Cl. The summed E-state index contributed by atoms with van der Waals surface area (Å²) in [7, 11) is 0. The molecule has 9 nitrogen and oxygen atoms in total. The second kappa shape index (κ2) is 9.09. The molecular weight excluding hydrogens is 475 g/mol. The molecule has 1 heterocycles. The zero-order valence-corrected chi connectivity index (χ0v) is 18.3. The second-order valence-corrected chi connectivity index (χ2v) is 8.53. The topological polar surface area (TPSA) is 129 Å². The van der Waals surface area contributed by atoms with Crippen LogP contribution in [-0.4, -0.2) is 31.0 Å². The van der Waals surface area contributed by atoms with E-state index in [0.29, 0.717) is 21.4 Å². The highest BCUT2D eigenvalue weighted by Crippen LogP contribution is 2.32. The number of nitrogens with zero attached hydrogens (tertiary/aromatic N) is 4. The Morgan fingerprint density at radius 2 is 1.93 bits per heavy atom. The van der Waals surface area contributed by atoms with E-state index in [1.54, 1.807) is 25.1 Å². The second-order valence-electron chi connectivity index (χ2n) is 5.97. The van der Waals surface area contributed by atoms with Crippen molar-refractivity contribution >= 4 is 63.8 Å². The summed E-state index contributed by atoms with van der Waals surface area (Å²) in [5.41, 5.74) is 0.468. The van der Waals surface area contributed by atoms with Crippen molar-refractivity contribution in [2.45, 2.75) is 17.3 Å². The van der Waals surface area contributed by atoms with E-state index < -0.39 is 16.1 Å². The number of hydrogen-bond acceptors (Lipinski definition) is 7. The number of nitro groups is 1. The summed E-state index contributed by atoms with van der Waals surface area (Å²) in [6.07, 6.45) is 0. The highest BCUT2D eigenvalue weighted by atomic mass is 35.5. The first-order valence-electron chi connectivity index (χ1n) is 8.24. The molecule has 2 aromatic carbocycles. The Balaban J connectivity index is 1.76. The van der Waals surface area contributed by atoms with Crippen molar-refractivity contribution in [3.63, 3.8) is 0 Å². The molecule has 0 aliphatic heterocycles. The maximum Gasteiger partial charge on any atom is 0.271 e. The minimum absolute atomic E-state index is 0.131. The molecule has 0 fully saturated rings. The predicted molar refractivity (Wildman–Crippen MR) is 118 cm³/mol. The number of thioether (sulfide) groups is 1. The maximum absolute atomic E-state index is 12.5. The van der Waals surface area contributed by atoms with Crippen molar-refractivity contribution in [1.29, 1.82) is 0 Å². The van der Waals surface area contributed by atoms with Crippen molar-refractivity contribution in [3.05, 3.63) is 61.6 Å². The van der Waals surface area contributed by atoms with Crippen molar-refractivity contribution in [1.82, 2.24) is 14.9 Å². The third kappa shape index (κ3) is 4.78. The average Bonchev–Trinajstić information content (AvgIpc) is 3.03. The molecule has 30 heavy (non-hydrogen) atoms. The van der Waals surface area contributed by atoms with Crippen molar-refractivity contribution in [2.75, 3.05) is 11.2 Å². The Morgan fingerprint density at radius 1 is 1.20 bits per heavy atom. The molecule has 156 valence electrons. The van der Waals surface area contributed by atoms with Crippen LogP contribution >= 0.6 is 46.6 Å². The predicted octanol–water partition coefficient (Wildman–Crippen LogP) is 4.65. The van der Waals surface area contributed by atoms with Gasteiger partial charge in [-0.25, -0.2) is 4.68 Å². The van der Waals surface area contributed by atoms with Gasteiger partial charge in [-0.2, -0.15) is 0 Å². The molecule has 13 heteroatoms. The number of benzene rings is 2. The number of rotatable bonds is 6. The third-order valence-corrected chi connectivity index (χ3v) is 5.84. The highest BCUT2D eigenvalue weighted by molar-refractivity contribution is 8.00. The van der Waals surface area contributed by atoms with Gasteiger partial charge in [0.1, 0.15) is 0 Å². The monoisotopic (exact) mass is 486 g/mol. The van der Waals surface area contributed by atoms with Crippen LogP contribution in [0.1, 0.15) is 6.92 Å². The standard InChI is InChI=1S/C17H13Cl3N6O3S/c1-8(16(27)22-14-7-10(26(28)29)3-5-12(14)19)30-17-24-23-15(25(17)21)11-4-2-9(18)6-13(11)20/h2-8H,21H2,1H3,(H,22,27). The quantitative estimate of drug-likeness (QED) is 0.224. The summed E-state index contributed by atoms with van der Waals surface area (Å²) in [6.45, 7) is 1.62. The number of anilines is 1. The van der Waals surface area contributed by atoms with Crippen LogP contribution < -0.4 is 11.2 Å². The van der Waals surface area contributed by atoms with Gasteiger partial charge in [-0.1, -0.05) is 46.6 Å². The first-order valence-corrected chi connectivity index (χ1v) is 10.3. The Bertz CT molecular complexity index is 1140. The summed E-state index contributed by atoms with van der Waals surface area (Å²) >= 11 is 19.2. The number of aromatic nitrogens is 3. The fraction of sp³-hybridized carbons (Fsp3) is 0.118. The number of halogens is 3. The van der Waals surface area contributed by atoms with Gasteiger partial charge >= 0.3 is 0 Å². The molecule has 1 aromatic heterocycles. The molecule has 0 radical (unpaired) electrons. The summed E-state index contributed by atoms with van der Waals surface area (Å²) < 4.78 is 1.21. The van der Waals surface area contributed by atoms with Crippen LogP contribution in [0, 0.1) is 10.1 Å². The zero-order valence-electron chi connectivity index (χ0n) is 15.2. The Morgan fingerprint density at radius 3 is 2.60 bits per heavy atom. The van der Waals surface area contributed by atoms with E-state index in [4.69, 9.17) is 40.6 Å². The van der Waals surface area contributed by atoms with Gasteiger partial charge in [0.05, 0.1) is 25.9 Å². The minimum atomic E-state index is -0.666. The summed E-state index contributed by atoms with van der Waals surface area (Å²) in [4.78, 5) is 22.9. The average molecular weight is 488 g/mol. The molecule has 0 saturated carbocycles. The fourth-order valence-corrected chi connectivity index (χ4v) is 3.81. The van der Waals surface area contributed by atoms with E-state index in [0.717, 1.165) is 11.8 Å². The van der Waals surface area contributed by atoms with E-state index in [9.17, 15) is 14.9 Å². The molecule has 0 saturated heterocycles. The normalized spacial score (nSPS) is 11.9. The van der Waals surface area contributed by atoms with Gasteiger partial charge in [0, 0.05) is 22.7 Å². The smallest absolute Gasteiger partial charge is 0.271 e. The summed E-state index contributed by atoms with van der Waals surface area (Å²) in [5.74, 6) is 5.92. The molecule has 1 atom stereocenters. The van der Waals surface area contributed by atoms with Crippen LogP contribution in [-0.2, 0) is 4.79 Å². The van der Waals surface area contributed by atoms with Gasteiger partial charge in [0.15, 0.2) is 5.82 Å². The number of hydrogen-bond donors (Lipinski definition) is 2. The lowest BCUT2D eigenvalue weighted by molar-refractivity contribution is -0.384. The summed E-state index contributed by atoms with van der Waals surface area (Å²) in [5, 5.41) is 22.1. The maximum atomic E-state index is 12.5. The lowest BCUT2D eigenvalue weighted by Gasteiger charge is -2.12. The van der Waals surface area contributed by atoms with Crippen molar-refractivity contribution in [3.8, 4) is 11.4 Å². The number of non-ortho nitro benzene ring substituents is 1. The van der Waals surface area contributed by atoms with Gasteiger partial charge in [0.25, 0.3) is 5.69 Å². The number of nitrogens with one attached hydrogen (secondary N) is 1. The lowest BCUT2D eigenvalue weighted by atomic mass is 10.2. The molecule has 3 N–H and O–H groups in total. The van der Waals surface area contributed by atoms with Crippen LogP contribution in [0.25, 0.3) is 11.4 Å². The van der Waals surface area contributed by atoms with E-state index in [-0.39, 0.29) is 21.6 Å². The molecule has 0 aliphatic rings. The van der Waals surface area contributed by atoms with E-state index >= 15 is 0 Å². The Labute approximate surface area is 189 Å². The number of nitrogens with two attached hydrogens (primary N) is 1. The van der Waals surface area contributed by atoms with Gasteiger partial charge < -0.3 is 11.2 Å². The largest absolute Gasteiger partial charge is 0.335 e. The van der Waals surface area contributed by atoms with Gasteiger partial charge in [-0.15, -0.1) is 10.2 Å². The Hall–Kier alpha value is -2.53. The molecule has 3 aromatic rings. The van der Waals surface area contributed by atoms with E-state index in [2.05, 4.69) is 15.5 Å². The Kier molecular flexibility index (Phi) is 6.71. The lowest BCUT2D eigenvalue weighted by Crippen LogP contribution is -2.24. The number of amides is 1. The fourth-order valence-electron chi connectivity index (χ4n) is 2.38. The van der Waals surface area contributed by atoms with Crippen LogP contribution in [0.15, 0.2) is 41.6 Å². The zero-order chi connectivity index (χ0) is 22.0. The molecule has 0 aliphatic carbocycles. The molecule has 3 rings (SSSR count). The van der Waals surface area contributed by atoms with Gasteiger partial charge in [-0.3, -0.25) is 14.9 Å². The molecular formula is C17H13Cl3N6O3S. The molecule has 1 unspecified atom stereocenters. The molecule has 1 amide bonds. The van der Waals surface area contributed by atoms with Crippen LogP contribution in [0.3, 0.4) is 0 Å². The van der Waals surface area contributed by atoms with Crippen molar-refractivity contribution in [2.24, 2.45) is 0 Å². The highest BCUT2D eigenvalue weighted by Gasteiger charge is 2.22. The van der Waals surface area contributed by atoms with Crippen LogP contribution in [0.4, 0.5) is 11.4 Å². The first-order chi connectivity index (χ1) is 14.2. The number of carbonyl (C=O) groups excluding carboxylic acids is 1. The third-order valence-electron chi connectivity index (χ3n) is 3.91. The van der Waals surface area contributed by atoms with Crippen LogP contribution in [0.2, 0.25) is 15.1 Å². The van der Waals surface area contributed by atoms with Crippen molar-refractivity contribution < 1.29 is 9.72 Å². The number of carbonyl (C=O) groups is 1. The number of nitrogen functional groups attached to an aromatic ring is 1. The molecule has 0 bridgehead atoms. The molecule has 0 spiro atoms. The van der Waals surface area contributed by atoms with Gasteiger partial charge in [0.2, 0.25) is 11.1 Å². The van der Waals surface area contributed by atoms with E-state index in [1.165, 1.54) is 22.9 Å². The van der Waals surface area contributed by atoms with Crippen LogP contribution in [0.5, 0.6) is 0 Å². The van der Waals surface area contributed by atoms with E-state index in [1.807, 2.05) is 0 Å². The first kappa shape index (κ1) is 22.2. The van der Waals surface area contributed by atoms with Gasteiger partial charge in [-0.05, 0) is 31.2 Å².